The summed E-state index contributed by atoms with van der Waals surface area (Å²) in [4.78, 5) is 13.4. The third kappa shape index (κ3) is 4.34. The predicted octanol–water partition coefficient (Wildman–Crippen LogP) is 2.04. The summed E-state index contributed by atoms with van der Waals surface area (Å²) in [7, 11) is 2.04. The van der Waals surface area contributed by atoms with Crippen molar-refractivity contribution in [3.63, 3.8) is 0 Å². The van der Waals surface area contributed by atoms with Crippen LogP contribution >= 0.6 is 0 Å². The number of nitrogens with two attached hydrogens (primary N) is 1. The maximum atomic E-state index is 11.2. The van der Waals surface area contributed by atoms with Crippen molar-refractivity contribution in [1.82, 2.24) is 4.90 Å². The summed E-state index contributed by atoms with van der Waals surface area (Å²) in [6, 6.07) is 10.2. The van der Waals surface area contributed by atoms with Gasteiger partial charge in [0.2, 0.25) is 5.91 Å². The van der Waals surface area contributed by atoms with Gasteiger partial charge in [-0.2, -0.15) is 0 Å². The van der Waals surface area contributed by atoms with Crippen molar-refractivity contribution in [1.29, 1.82) is 0 Å². The minimum Gasteiger partial charge on any atom is -0.369 e. The Labute approximate surface area is 109 Å². The van der Waals surface area contributed by atoms with E-state index in [9.17, 15) is 4.79 Å². The fourth-order valence-electron chi connectivity index (χ4n) is 1.97. The van der Waals surface area contributed by atoms with Gasteiger partial charge in [0, 0.05) is 24.9 Å². The highest BCUT2D eigenvalue weighted by atomic mass is 16.1. The van der Waals surface area contributed by atoms with Gasteiger partial charge in [0.05, 0.1) is 0 Å². The molecule has 18 heavy (non-hydrogen) atoms. The molecule has 0 spiro atoms. The molecular formula is C15H22N2O. The maximum Gasteiger partial charge on any atom is 0.220 e. The Balaban J connectivity index is 2.55. The molecule has 0 aliphatic heterocycles. The van der Waals surface area contributed by atoms with E-state index in [1.807, 2.05) is 38.2 Å². The summed E-state index contributed by atoms with van der Waals surface area (Å²) in [6.07, 6.45) is 1.82. The van der Waals surface area contributed by atoms with E-state index in [0.29, 0.717) is 0 Å². The van der Waals surface area contributed by atoms with Crippen LogP contribution in [-0.2, 0) is 11.3 Å². The number of rotatable bonds is 7. The molecule has 3 nitrogen and oxygen atoms in total. The summed E-state index contributed by atoms with van der Waals surface area (Å²) >= 11 is 0. The molecule has 0 fully saturated rings. The molecule has 1 amide bonds. The van der Waals surface area contributed by atoms with Crippen LogP contribution in [0, 0.1) is 11.8 Å². The van der Waals surface area contributed by atoms with Crippen molar-refractivity contribution >= 4 is 5.91 Å². The van der Waals surface area contributed by atoms with Crippen molar-refractivity contribution in [3.8, 4) is 0 Å². The molecule has 1 rings (SSSR count). The van der Waals surface area contributed by atoms with Gasteiger partial charge in [0.25, 0.3) is 0 Å². The molecule has 0 saturated heterocycles. The zero-order valence-corrected chi connectivity index (χ0v) is 11.2. The second-order valence-corrected chi connectivity index (χ2v) is 4.77. The van der Waals surface area contributed by atoms with E-state index in [0.717, 1.165) is 13.1 Å². The summed E-state index contributed by atoms with van der Waals surface area (Å²) in [6.45, 7) is 7.28. The molecule has 1 aromatic carbocycles. The maximum absolute atomic E-state index is 11.2. The second-order valence-electron chi connectivity index (χ2n) is 4.77. The number of hydrogen-bond donors (Lipinski definition) is 1. The highest BCUT2D eigenvalue weighted by molar-refractivity contribution is 5.76. The molecule has 1 aromatic rings. The van der Waals surface area contributed by atoms with Gasteiger partial charge in [0.15, 0.2) is 0 Å². The van der Waals surface area contributed by atoms with E-state index >= 15 is 0 Å². The first-order chi connectivity index (χ1) is 8.54. The molecule has 0 radical (unpaired) electrons. The van der Waals surface area contributed by atoms with E-state index in [-0.39, 0.29) is 17.7 Å². The first-order valence-corrected chi connectivity index (χ1v) is 6.19. The summed E-state index contributed by atoms with van der Waals surface area (Å²) in [5, 5.41) is 0. The third-order valence-electron chi connectivity index (χ3n) is 3.21. The minimum atomic E-state index is -0.270. The zero-order valence-electron chi connectivity index (χ0n) is 11.2. The number of carbonyl (C=O) groups is 1. The van der Waals surface area contributed by atoms with Crippen molar-refractivity contribution in [2.24, 2.45) is 17.6 Å². The van der Waals surface area contributed by atoms with Crippen LogP contribution in [0.25, 0.3) is 0 Å². The third-order valence-corrected chi connectivity index (χ3v) is 3.21. The van der Waals surface area contributed by atoms with Crippen molar-refractivity contribution in [2.75, 3.05) is 13.6 Å². The van der Waals surface area contributed by atoms with Crippen molar-refractivity contribution in [3.05, 3.63) is 48.6 Å². The molecule has 98 valence electrons. The monoisotopic (exact) mass is 246 g/mol. The number of primary amides is 1. The largest absolute Gasteiger partial charge is 0.369 e. The lowest BCUT2D eigenvalue weighted by Gasteiger charge is -2.24. The SMILES string of the molecule is C=CC(CN(C)Cc1ccccc1)C(C)C(N)=O. The average Bonchev–Trinajstić information content (AvgIpc) is 2.36. The van der Waals surface area contributed by atoms with Gasteiger partial charge < -0.3 is 10.6 Å². The first-order valence-electron chi connectivity index (χ1n) is 6.19. The number of carbonyl (C=O) groups excluding carboxylic acids is 1. The van der Waals surface area contributed by atoms with Crippen LogP contribution in [0.4, 0.5) is 0 Å². The number of hydrogen-bond acceptors (Lipinski definition) is 2. The second kappa shape index (κ2) is 6.97. The Hall–Kier alpha value is -1.61. The normalized spacial score (nSPS) is 14.2. The lowest BCUT2D eigenvalue weighted by atomic mass is 9.93. The Morgan fingerprint density at radius 3 is 2.56 bits per heavy atom. The Kier molecular flexibility index (Phi) is 5.59. The van der Waals surface area contributed by atoms with E-state index in [1.54, 1.807) is 0 Å². The van der Waals surface area contributed by atoms with E-state index in [2.05, 4.69) is 23.6 Å². The highest BCUT2D eigenvalue weighted by Crippen LogP contribution is 2.15. The molecule has 0 aliphatic carbocycles. The fourth-order valence-corrected chi connectivity index (χ4v) is 1.97. The Morgan fingerprint density at radius 2 is 2.06 bits per heavy atom. The van der Waals surface area contributed by atoms with Gasteiger partial charge >= 0.3 is 0 Å². The molecule has 2 atom stereocenters. The Bertz CT molecular complexity index is 389. The van der Waals surface area contributed by atoms with Gasteiger partial charge in [-0.15, -0.1) is 6.58 Å². The lowest BCUT2D eigenvalue weighted by Crippen LogP contribution is -2.34. The predicted molar refractivity (Wildman–Crippen MR) is 74.8 cm³/mol. The molecule has 0 bridgehead atoms. The molecule has 2 N–H and O–H groups in total. The topological polar surface area (TPSA) is 46.3 Å². The fraction of sp³-hybridized carbons (Fsp3) is 0.400. The van der Waals surface area contributed by atoms with Gasteiger partial charge in [-0.3, -0.25) is 4.79 Å². The highest BCUT2D eigenvalue weighted by Gasteiger charge is 2.20. The quantitative estimate of drug-likeness (QED) is 0.748. The minimum absolute atomic E-state index is 0.0937. The van der Waals surface area contributed by atoms with Crippen molar-refractivity contribution < 1.29 is 4.79 Å². The average molecular weight is 246 g/mol. The van der Waals surface area contributed by atoms with Crippen LogP contribution in [0.2, 0.25) is 0 Å². The molecule has 0 aromatic heterocycles. The van der Waals surface area contributed by atoms with Gasteiger partial charge in [0.1, 0.15) is 0 Å². The number of benzene rings is 1. The summed E-state index contributed by atoms with van der Waals surface area (Å²) in [5.74, 6) is -0.357. The van der Waals surface area contributed by atoms with Crippen LogP contribution in [0.15, 0.2) is 43.0 Å². The van der Waals surface area contributed by atoms with Crippen LogP contribution in [0.3, 0.4) is 0 Å². The van der Waals surface area contributed by atoms with Crippen molar-refractivity contribution in [2.45, 2.75) is 13.5 Å². The molecule has 3 heteroatoms. The molecule has 0 heterocycles. The molecule has 0 aliphatic rings. The van der Waals surface area contributed by atoms with Gasteiger partial charge in [-0.05, 0) is 12.6 Å². The standard InChI is InChI=1S/C15H22N2O/c1-4-14(12(2)15(16)18)11-17(3)10-13-8-6-5-7-9-13/h4-9,12,14H,1,10-11H2,2-3H3,(H2,16,18). The zero-order chi connectivity index (χ0) is 13.5. The van der Waals surface area contributed by atoms with Crippen LogP contribution < -0.4 is 5.73 Å². The molecule has 2 unspecified atom stereocenters. The summed E-state index contributed by atoms with van der Waals surface area (Å²) in [5.41, 5.74) is 6.59. The Morgan fingerprint density at radius 1 is 1.44 bits per heavy atom. The van der Waals surface area contributed by atoms with E-state index in [1.165, 1.54) is 5.56 Å². The van der Waals surface area contributed by atoms with E-state index in [4.69, 9.17) is 5.73 Å². The van der Waals surface area contributed by atoms with Gasteiger partial charge in [-0.1, -0.05) is 43.3 Å². The number of nitrogens with zero attached hydrogens (tertiary/aromatic N) is 1. The summed E-state index contributed by atoms with van der Waals surface area (Å²) < 4.78 is 0. The van der Waals surface area contributed by atoms with E-state index < -0.39 is 0 Å². The molecule has 0 saturated carbocycles. The van der Waals surface area contributed by atoms with Crippen LogP contribution in [0.5, 0.6) is 0 Å². The molecular weight excluding hydrogens is 224 g/mol. The number of amides is 1. The smallest absolute Gasteiger partial charge is 0.220 e. The van der Waals surface area contributed by atoms with Crippen LogP contribution in [0.1, 0.15) is 12.5 Å². The van der Waals surface area contributed by atoms with Gasteiger partial charge in [-0.25, -0.2) is 0 Å². The van der Waals surface area contributed by atoms with Crippen LogP contribution in [-0.4, -0.2) is 24.4 Å². The lowest BCUT2D eigenvalue weighted by molar-refractivity contribution is -0.122. The first kappa shape index (κ1) is 14.5.